The fraction of sp³-hybridized carbons (Fsp3) is 0.304. The molecule has 1 saturated heterocycles. The van der Waals surface area contributed by atoms with E-state index in [0.29, 0.717) is 58.3 Å². The van der Waals surface area contributed by atoms with Gasteiger partial charge in [-0.05, 0) is 42.7 Å². The standard InChI is InChI=1S/C23H23Cl2FN4O2S/c1-32-19-13-17(7-8-18(19)24)28-9-11-29(12-10-28)20(14-31)30-22(21(25)23(27-30)33-2)15-3-5-16(26)6-4-15/h3-8,13-14,20H,9-12H2,1-2H3. The number of hydrogen-bond acceptors (Lipinski definition) is 6. The number of aldehydes is 1. The molecule has 3 aromatic rings. The van der Waals surface area contributed by atoms with Crippen molar-refractivity contribution >= 4 is 46.9 Å². The van der Waals surface area contributed by atoms with Crippen LogP contribution in [-0.2, 0) is 4.79 Å². The van der Waals surface area contributed by atoms with Crippen LogP contribution in [0.5, 0.6) is 5.75 Å². The van der Waals surface area contributed by atoms with Crippen LogP contribution in [0.4, 0.5) is 10.1 Å². The zero-order valence-electron chi connectivity index (χ0n) is 18.2. The lowest BCUT2D eigenvalue weighted by Crippen LogP contribution is -2.49. The molecule has 1 aromatic heterocycles. The Bertz CT molecular complexity index is 1130. The van der Waals surface area contributed by atoms with Gasteiger partial charge in [0.1, 0.15) is 21.6 Å². The van der Waals surface area contributed by atoms with Crippen molar-refractivity contribution in [2.45, 2.75) is 11.2 Å². The summed E-state index contributed by atoms with van der Waals surface area (Å²) in [7, 11) is 1.59. The molecule has 6 nitrogen and oxygen atoms in total. The van der Waals surface area contributed by atoms with Crippen LogP contribution in [0.2, 0.25) is 10.0 Å². The molecule has 1 aliphatic rings. The van der Waals surface area contributed by atoms with Gasteiger partial charge in [0.15, 0.2) is 12.5 Å². The van der Waals surface area contributed by atoms with E-state index in [9.17, 15) is 9.18 Å². The van der Waals surface area contributed by atoms with E-state index in [-0.39, 0.29) is 5.82 Å². The SMILES string of the molecule is COc1cc(N2CCN(C(C=O)n3nc(SC)c(Cl)c3-c3ccc(F)cc3)CC2)ccc1Cl. The predicted octanol–water partition coefficient (Wildman–Crippen LogP) is 5.25. The molecule has 33 heavy (non-hydrogen) atoms. The van der Waals surface area contributed by atoms with Gasteiger partial charge in [0, 0.05) is 43.5 Å². The molecule has 2 aromatic carbocycles. The van der Waals surface area contributed by atoms with Gasteiger partial charge < -0.3 is 9.64 Å². The van der Waals surface area contributed by atoms with Gasteiger partial charge in [0.25, 0.3) is 0 Å². The lowest BCUT2D eigenvalue weighted by molar-refractivity contribution is -0.115. The Morgan fingerprint density at radius 2 is 1.82 bits per heavy atom. The van der Waals surface area contributed by atoms with Crippen molar-refractivity contribution in [1.29, 1.82) is 0 Å². The van der Waals surface area contributed by atoms with Crippen molar-refractivity contribution in [3.05, 3.63) is 58.3 Å². The van der Waals surface area contributed by atoms with Gasteiger partial charge in [0.05, 0.1) is 17.8 Å². The highest BCUT2D eigenvalue weighted by Crippen LogP contribution is 2.37. The number of anilines is 1. The van der Waals surface area contributed by atoms with Gasteiger partial charge in [-0.3, -0.25) is 9.69 Å². The van der Waals surface area contributed by atoms with E-state index in [1.165, 1.54) is 23.9 Å². The number of benzene rings is 2. The first-order valence-corrected chi connectivity index (χ1v) is 12.3. The largest absolute Gasteiger partial charge is 0.495 e. The number of methoxy groups -OCH3 is 1. The highest BCUT2D eigenvalue weighted by Gasteiger charge is 2.30. The average molecular weight is 509 g/mol. The van der Waals surface area contributed by atoms with Gasteiger partial charge in [-0.2, -0.15) is 5.10 Å². The van der Waals surface area contributed by atoms with E-state index < -0.39 is 6.17 Å². The zero-order chi connectivity index (χ0) is 23.5. The minimum absolute atomic E-state index is 0.340. The van der Waals surface area contributed by atoms with Gasteiger partial charge in [-0.1, -0.05) is 23.2 Å². The molecule has 1 atom stereocenters. The lowest BCUT2D eigenvalue weighted by atomic mass is 10.1. The van der Waals surface area contributed by atoms with Crippen LogP contribution in [0.1, 0.15) is 6.17 Å². The third kappa shape index (κ3) is 4.84. The number of hydrogen-bond donors (Lipinski definition) is 0. The molecule has 0 radical (unpaired) electrons. The number of aromatic nitrogens is 2. The second-order valence-corrected chi connectivity index (χ2v) is 9.10. The molecule has 10 heteroatoms. The number of halogens is 3. The van der Waals surface area contributed by atoms with Crippen molar-refractivity contribution in [3.63, 3.8) is 0 Å². The molecular weight excluding hydrogens is 486 g/mol. The van der Waals surface area contributed by atoms with Crippen LogP contribution in [-0.4, -0.2) is 60.5 Å². The van der Waals surface area contributed by atoms with Crippen molar-refractivity contribution in [3.8, 4) is 17.0 Å². The van der Waals surface area contributed by atoms with Crippen LogP contribution >= 0.6 is 35.0 Å². The number of carbonyl (C=O) groups is 1. The Kier molecular flexibility index (Phi) is 7.48. The summed E-state index contributed by atoms with van der Waals surface area (Å²) in [5, 5.41) is 6.26. The average Bonchev–Trinajstić information content (AvgIpc) is 3.17. The first-order chi connectivity index (χ1) is 16.0. The molecule has 1 fully saturated rings. The summed E-state index contributed by atoms with van der Waals surface area (Å²) in [4.78, 5) is 16.6. The molecule has 0 saturated carbocycles. The Balaban J connectivity index is 1.59. The number of nitrogens with zero attached hydrogens (tertiary/aromatic N) is 4. The molecule has 0 spiro atoms. The van der Waals surface area contributed by atoms with Crippen LogP contribution in [0, 0.1) is 5.82 Å². The van der Waals surface area contributed by atoms with E-state index in [1.807, 2.05) is 24.5 Å². The molecule has 2 heterocycles. The Morgan fingerprint density at radius 3 is 2.42 bits per heavy atom. The molecular formula is C23H23Cl2FN4O2S. The summed E-state index contributed by atoms with van der Waals surface area (Å²) < 4.78 is 20.5. The molecule has 1 aliphatic heterocycles. The fourth-order valence-electron chi connectivity index (χ4n) is 3.97. The summed E-state index contributed by atoms with van der Waals surface area (Å²) in [5.74, 6) is 0.287. The van der Waals surface area contributed by atoms with Crippen LogP contribution in [0.25, 0.3) is 11.3 Å². The van der Waals surface area contributed by atoms with Gasteiger partial charge in [0.2, 0.25) is 0 Å². The minimum Gasteiger partial charge on any atom is -0.495 e. The molecule has 0 amide bonds. The Morgan fingerprint density at radius 1 is 1.12 bits per heavy atom. The molecule has 1 unspecified atom stereocenters. The summed E-state index contributed by atoms with van der Waals surface area (Å²) >= 11 is 14.2. The van der Waals surface area contributed by atoms with Gasteiger partial charge in [-0.15, -0.1) is 11.8 Å². The van der Waals surface area contributed by atoms with Gasteiger partial charge >= 0.3 is 0 Å². The highest BCUT2D eigenvalue weighted by atomic mass is 35.5. The van der Waals surface area contributed by atoms with Crippen molar-refractivity contribution in [1.82, 2.24) is 14.7 Å². The quantitative estimate of drug-likeness (QED) is 0.321. The second kappa shape index (κ2) is 10.3. The first kappa shape index (κ1) is 23.9. The third-order valence-electron chi connectivity index (χ3n) is 5.69. The first-order valence-electron chi connectivity index (χ1n) is 10.3. The molecule has 174 valence electrons. The fourth-order valence-corrected chi connectivity index (χ4v) is 5.08. The van der Waals surface area contributed by atoms with Crippen LogP contribution in [0.15, 0.2) is 47.5 Å². The highest BCUT2D eigenvalue weighted by molar-refractivity contribution is 7.98. The summed E-state index contributed by atoms with van der Waals surface area (Å²) in [6, 6.07) is 11.7. The molecule has 4 rings (SSSR count). The summed E-state index contributed by atoms with van der Waals surface area (Å²) in [6.45, 7) is 2.71. The Hall–Kier alpha value is -2.26. The monoisotopic (exact) mass is 508 g/mol. The van der Waals surface area contributed by atoms with E-state index in [0.717, 1.165) is 12.0 Å². The summed E-state index contributed by atoms with van der Waals surface area (Å²) in [6.07, 6.45) is 2.12. The van der Waals surface area contributed by atoms with E-state index in [1.54, 1.807) is 23.9 Å². The zero-order valence-corrected chi connectivity index (χ0v) is 20.5. The Labute approximate surface area is 206 Å². The number of piperazine rings is 1. The molecule has 0 aliphatic carbocycles. The van der Waals surface area contributed by atoms with E-state index in [2.05, 4.69) is 14.9 Å². The number of carbonyl (C=O) groups excluding carboxylic acids is 1. The molecule has 0 N–H and O–H groups in total. The number of rotatable bonds is 7. The number of thioether (sulfide) groups is 1. The maximum Gasteiger partial charge on any atom is 0.161 e. The maximum atomic E-state index is 13.5. The van der Waals surface area contributed by atoms with E-state index in [4.69, 9.17) is 27.9 Å². The van der Waals surface area contributed by atoms with Crippen LogP contribution in [0.3, 0.4) is 0 Å². The number of ether oxygens (including phenoxy) is 1. The van der Waals surface area contributed by atoms with Crippen LogP contribution < -0.4 is 9.64 Å². The maximum absolute atomic E-state index is 13.5. The third-order valence-corrected chi connectivity index (χ3v) is 7.15. The van der Waals surface area contributed by atoms with E-state index >= 15 is 0 Å². The van der Waals surface area contributed by atoms with Crippen molar-refractivity contribution < 1.29 is 13.9 Å². The minimum atomic E-state index is -0.634. The van der Waals surface area contributed by atoms with Crippen molar-refractivity contribution in [2.24, 2.45) is 0 Å². The smallest absolute Gasteiger partial charge is 0.161 e. The predicted molar refractivity (Wildman–Crippen MR) is 131 cm³/mol. The van der Waals surface area contributed by atoms with Gasteiger partial charge in [-0.25, -0.2) is 9.07 Å². The summed E-state index contributed by atoms with van der Waals surface area (Å²) in [5.41, 5.74) is 2.31. The topological polar surface area (TPSA) is 50.6 Å². The second-order valence-electron chi connectivity index (χ2n) is 7.51. The normalized spacial score (nSPS) is 15.5. The van der Waals surface area contributed by atoms with Crippen molar-refractivity contribution in [2.75, 3.05) is 44.4 Å². The lowest BCUT2D eigenvalue weighted by Gasteiger charge is -2.38. The molecule has 0 bridgehead atoms.